The van der Waals surface area contributed by atoms with Crippen molar-refractivity contribution < 1.29 is 8.42 Å². The van der Waals surface area contributed by atoms with Crippen LogP contribution in [0.3, 0.4) is 0 Å². The number of hydrogen-bond acceptors (Lipinski definition) is 3. The van der Waals surface area contributed by atoms with E-state index >= 15 is 0 Å². The minimum Gasteiger partial charge on any atom is -0.207 e. The molecule has 3 rings (SSSR count). The molecule has 1 atom stereocenters. The fourth-order valence-corrected chi connectivity index (χ4v) is 3.90. The molecule has 4 nitrogen and oxygen atoms in total. The van der Waals surface area contributed by atoms with E-state index in [0.717, 1.165) is 18.4 Å². The summed E-state index contributed by atoms with van der Waals surface area (Å²) < 4.78 is 28.0. The second-order valence-corrected chi connectivity index (χ2v) is 7.77. The van der Waals surface area contributed by atoms with Gasteiger partial charge >= 0.3 is 0 Å². The van der Waals surface area contributed by atoms with Crippen LogP contribution in [-0.4, -0.2) is 8.42 Å². The molecule has 1 saturated carbocycles. The molecule has 0 bridgehead atoms. The molecule has 1 aliphatic rings. The van der Waals surface area contributed by atoms with Gasteiger partial charge in [-0.25, -0.2) is 13.1 Å². The zero-order valence-corrected chi connectivity index (χ0v) is 13.8. The van der Waals surface area contributed by atoms with E-state index in [1.807, 2.05) is 18.2 Å². The Bertz CT molecular complexity index is 836. The third-order valence-corrected chi connectivity index (χ3v) is 5.61. The molecule has 0 spiro atoms. The topological polar surface area (TPSA) is 70.0 Å². The number of nitrogens with one attached hydrogen (secondary N) is 1. The Kier molecular flexibility index (Phi) is 4.40. The van der Waals surface area contributed by atoms with Crippen molar-refractivity contribution >= 4 is 21.6 Å². The van der Waals surface area contributed by atoms with Crippen molar-refractivity contribution in [3.63, 3.8) is 0 Å². The van der Waals surface area contributed by atoms with Crippen molar-refractivity contribution in [3.8, 4) is 6.07 Å². The SMILES string of the molecule is N#Cc1ccc(S(=O)(=O)N[C@H](c2ccc(Cl)cc2)C2CC2)cc1. The van der Waals surface area contributed by atoms with Gasteiger partial charge in [0.1, 0.15) is 0 Å². The second kappa shape index (κ2) is 6.32. The summed E-state index contributed by atoms with van der Waals surface area (Å²) in [7, 11) is -3.64. The van der Waals surface area contributed by atoms with Crippen LogP contribution in [0.1, 0.15) is 30.0 Å². The first-order valence-corrected chi connectivity index (χ1v) is 9.14. The third kappa shape index (κ3) is 3.73. The molecule has 0 unspecified atom stereocenters. The van der Waals surface area contributed by atoms with Gasteiger partial charge in [0.25, 0.3) is 0 Å². The Hall–Kier alpha value is -1.87. The number of benzene rings is 2. The smallest absolute Gasteiger partial charge is 0.207 e. The maximum atomic E-state index is 12.6. The summed E-state index contributed by atoms with van der Waals surface area (Å²) >= 11 is 5.90. The van der Waals surface area contributed by atoms with Crippen molar-refractivity contribution in [3.05, 3.63) is 64.7 Å². The maximum Gasteiger partial charge on any atom is 0.241 e. The van der Waals surface area contributed by atoms with E-state index in [2.05, 4.69) is 4.72 Å². The van der Waals surface area contributed by atoms with Gasteiger partial charge < -0.3 is 0 Å². The first-order valence-electron chi connectivity index (χ1n) is 7.27. The first-order chi connectivity index (χ1) is 11.0. The molecular weight excluding hydrogens is 332 g/mol. The summed E-state index contributed by atoms with van der Waals surface area (Å²) in [5.41, 5.74) is 1.34. The van der Waals surface area contributed by atoms with Gasteiger partial charge in [-0.05, 0) is 60.7 Å². The van der Waals surface area contributed by atoms with Gasteiger partial charge in [0.2, 0.25) is 10.0 Å². The van der Waals surface area contributed by atoms with Crippen LogP contribution in [0.15, 0.2) is 53.4 Å². The quantitative estimate of drug-likeness (QED) is 0.898. The summed E-state index contributed by atoms with van der Waals surface area (Å²) in [5, 5.41) is 9.43. The molecule has 0 saturated heterocycles. The number of rotatable bonds is 5. The average molecular weight is 347 g/mol. The lowest BCUT2D eigenvalue weighted by molar-refractivity contribution is 0.529. The molecule has 6 heteroatoms. The number of nitriles is 1. The Balaban J connectivity index is 1.87. The molecular formula is C17H15ClN2O2S. The average Bonchev–Trinajstić information content (AvgIpc) is 3.38. The lowest BCUT2D eigenvalue weighted by Gasteiger charge is -2.19. The van der Waals surface area contributed by atoms with Gasteiger partial charge in [-0.3, -0.25) is 0 Å². The van der Waals surface area contributed by atoms with Crippen LogP contribution in [0, 0.1) is 17.2 Å². The highest BCUT2D eigenvalue weighted by Gasteiger charge is 2.35. The van der Waals surface area contributed by atoms with Crippen molar-refractivity contribution in [1.29, 1.82) is 5.26 Å². The molecule has 0 heterocycles. The Morgan fingerprint density at radius 2 is 1.70 bits per heavy atom. The Morgan fingerprint density at radius 3 is 2.22 bits per heavy atom. The lowest BCUT2D eigenvalue weighted by atomic mass is 10.0. The van der Waals surface area contributed by atoms with Crippen molar-refractivity contribution in [1.82, 2.24) is 4.72 Å². The Labute approximate surface area is 140 Å². The van der Waals surface area contributed by atoms with E-state index in [-0.39, 0.29) is 10.9 Å². The summed E-state index contributed by atoms with van der Waals surface area (Å²) in [5.74, 6) is 0.310. The molecule has 1 N–H and O–H groups in total. The number of nitrogens with zero attached hydrogens (tertiary/aromatic N) is 1. The zero-order chi connectivity index (χ0) is 16.4. The highest BCUT2D eigenvalue weighted by molar-refractivity contribution is 7.89. The van der Waals surface area contributed by atoms with Crippen LogP contribution >= 0.6 is 11.6 Å². The van der Waals surface area contributed by atoms with Gasteiger partial charge in [-0.1, -0.05) is 23.7 Å². The van der Waals surface area contributed by atoms with Crippen LogP contribution < -0.4 is 4.72 Å². The largest absolute Gasteiger partial charge is 0.241 e. The Morgan fingerprint density at radius 1 is 1.09 bits per heavy atom. The molecule has 2 aromatic carbocycles. The monoisotopic (exact) mass is 346 g/mol. The standard InChI is InChI=1S/C17H15ClN2O2S/c18-15-7-5-14(6-8-15)17(13-3-4-13)20-23(21,22)16-9-1-12(11-19)2-10-16/h1-2,5-10,13,17,20H,3-4H2/t17-/m0/s1. The van der Waals surface area contributed by atoms with Gasteiger partial charge in [-0.15, -0.1) is 0 Å². The minimum atomic E-state index is -3.64. The highest BCUT2D eigenvalue weighted by Crippen LogP contribution is 2.42. The van der Waals surface area contributed by atoms with Crippen LogP contribution in [0.25, 0.3) is 0 Å². The van der Waals surface area contributed by atoms with E-state index in [9.17, 15) is 8.42 Å². The summed E-state index contributed by atoms with van der Waals surface area (Å²) in [6.45, 7) is 0. The van der Waals surface area contributed by atoms with Crippen LogP contribution in [0.2, 0.25) is 5.02 Å². The summed E-state index contributed by atoms with van der Waals surface area (Å²) in [6, 6.07) is 14.9. The molecule has 23 heavy (non-hydrogen) atoms. The molecule has 0 amide bonds. The molecule has 1 fully saturated rings. The molecule has 0 radical (unpaired) electrons. The van der Waals surface area contributed by atoms with E-state index < -0.39 is 10.0 Å². The lowest BCUT2D eigenvalue weighted by Crippen LogP contribution is -2.30. The van der Waals surface area contributed by atoms with Crippen LogP contribution in [0.4, 0.5) is 0 Å². The number of hydrogen-bond donors (Lipinski definition) is 1. The predicted molar refractivity (Wildman–Crippen MR) is 88.4 cm³/mol. The fourth-order valence-electron chi connectivity index (χ4n) is 2.48. The van der Waals surface area contributed by atoms with E-state index in [1.54, 1.807) is 12.1 Å². The van der Waals surface area contributed by atoms with Crippen LogP contribution in [-0.2, 0) is 10.0 Å². The van der Waals surface area contributed by atoms with Gasteiger partial charge in [-0.2, -0.15) is 5.26 Å². The molecule has 2 aromatic rings. The van der Waals surface area contributed by atoms with Gasteiger partial charge in [0, 0.05) is 11.1 Å². The van der Waals surface area contributed by atoms with E-state index in [1.165, 1.54) is 24.3 Å². The first kappa shape index (κ1) is 16.0. The normalized spacial score (nSPS) is 15.8. The fraction of sp³-hybridized carbons (Fsp3) is 0.235. The maximum absolute atomic E-state index is 12.6. The van der Waals surface area contributed by atoms with Crippen molar-refractivity contribution in [2.24, 2.45) is 5.92 Å². The third-order valence-electron chi connectivity index (χ3n) is 3.90. The van der Waals surface area contributed by atoms with Gasteiger partial charge in [0.05, 0.1) is 16.5 Å². The van der Waals surface area contributed by atoms with E-state index in [4.69, 9.17) is 16.9 Å². The number of sulfonamides is 1. The minimum absolute atomic E-state index is 0.163. The predicted octanol–water partition coefficient (Wildman–Crippen LogP) is 3.64. The molecule has 0 aromatic heterocycles. The molecule has 118 valence electrons. The van der Waals surface area contributed by atoms with Crippen molar-refractivity contribution in [2.45, 2.75) is 23.8 Å². The highest BCUT2D eigenvalue weighted by atomic mass is 35.5. The zero-order valence-electron chi connectivity index (χ0n) is 12.2. The summed E-state index contributed by atoms with van der Waals surface area (Å²) in [6.07, 6.45) is 2.01. The summed E-state index contributed by atoms with van der Waals surface area (Å²) in [4.78, 5) is 0.163. The second-order valence-electron chi connectivity index (χ2n) is 5.62. The van der Waals surface area contributed by atoms with Gasteiger partial charge in [0.15, 0.2) is 0 Å². The van der Waals surface area contributed by atoms with Crippen LogP contribution in [0.5, 0.6) is 0 Å². The molecule has 1 aliphatic carbocycles. The van der Waals surface area contributed by atoms with Crippen molar-refractivity contribution in [2.75, 3.05) is 0 Å². The van der Waals surface area contributed by atoms with E-state index in [0.29, 0.717) is 16.5 Å². The number of halogens is 1. The molecule has 0 aliphatic heterocycles.